The van der Waals surface area contributed by atoms with Crippen LogP contribution in [0.15, 0.2) is 6.33 Å². The average Bonchev–Trinajstić information content (AvgIpc) is 2.35. The quantitative estimate of drug-likeness (QED) is 0.730. The van der Waals surface area contributed by atoms with Gasteiger partial charge in [0.25, 0.3) is 0 Å². The van der Waals surface area contributed by atoms with Crippen molar-refractivity contribution in [1.29, 1.82) is 0 Å². The lowest BCUT2D eigenvalue weighted by atomic mass is 10.2. The van der Waals surface area contributed by atoms with Crippen LogP contribution in [0.4, 0.5) is 0 Å². The SMILES string of the molecule is Cn1cnc(Cl)c1CC(O)C(=O)O. The van der Waals surface area contributed by atoms with Crippen molar-refractivity contribution in [3.8, 4) is 0 Å². The molecule has 6 heteroatoms. The second-order valence-corrected chi connectivity index (χ2v) is 3.01. The number of nitrogens with zero attached hydrogens (tertiary/aromatic N) is 2. The number of aliphatic hydroxyl groups excluding tert-OH is 1. The van der Waals surface area contributed by atoms with Crippen LogP contribution in [0.2, 0.25) is 5.15 Å². The maximum absolute atomic E-state index is 10.3. The molecule has 0 bridgehead atoms. The Kier molecular flexibility index (Phi) is 2.90. The van der Waals surface area contributed by atoms with Crippen LogP contribution in [-0.2, 0) is 18.3 Å². The molecule has 0 aliphatic rings. The molecule has 0 aromatic carbocycles. The molecule has 72 valence electrons. The largest absolute Gasteiger partial charge is 0.479 e. The zero-order chi connectivity index (χ0) is 10.0. The Morgan fingerprint density at radius 3 is 2.85 bits per heavy atom. The number of imidazole rings is 1. The van der Waals surface area contributed by atoms with Crippen LogP contribution >= 0.6 is 11.6 Å². The predicted octanol–water partition coefficient (Wildman–Crippen LogP) is 0.0615. The Bertz CT molecular complexity index is 304. The third-order valence-electron chi connectivity index (χ3n) is 1.68. The van der Waals surface area contributed by atoms with Crippen LogP contribution in [0.25, 0.3) is 0 Å². The van der Waals surface area contributed by atoms with Gasteiger partial charge in [-0.2, -0.15) is 0 Å². The number of aliphatic hydroxyl groups is 1. The van der Waals surface area contributed by atoms with Crippen molar-refractivity contribution >= 4 is 17.6 Å². The molecule has 0 amide bonds. The van der Waals surface area contributed by atoms with Crippen molar-refractivity contribution in [1.82, 2.24) is 9.55 Å². The number of carbonyl (C=O) groups is 1. The number of aromatic nitrogens is 2. The van der Waals surface area contributed by atoms with E-state index in [0.29, 0.717) is 5.69 Å². The Labute approximate surface area is 79.6 Å². The molecule has 0 saturated carbocycles. The Morgan fingerprint density at radius 1 is 1.85 bits per heavy atom. The third-order valence-corrected chi connectivity index (χ3v) is 2.00. The molecule has 1 unspecified atom stereocenters. The summed E-state index contributed by atoms with van der Waals surface area (Å²) < 4.78 is 1.58. The summed E-state index contributed by atoms with van der Waals surface area (Å²) in [4.78, 5) is 14.1. The molecule has 0 spiro atoms. The smallest absolute Gasteiger partial charge is 0.332 e. The van der Waals surface area contributed by atoms with Gasteiger partial charge in [-0.05, 0) is 0 Å². The lowest BCUT2D eigenvalue weighted by molar-refractivity contribution is -0.146. The van der Waals surface area contributed by atoms with E-state index >= 15 is 0 Å². The van der Waals surface area contributed by atoms with Crippen LogP contribution in [0.5, 0.6) is 0 Å². The fourth-order valence-corrected chi connectivity index (χ4v) is 1.18. The van der Waals surface area contributed by atoms with Crippen LogP contribution in [0, 0.1) is 0 Å². The average molecular weight is 205 g/mol. The van der Waals surface area contributed by atoms with Gasteiger partial charge in [0, 0.05) is 13.5 Å². The number of carboxylic acid groups (broad SMARTS) is 1. The highest BCUT2D eigenvalue weighted by molar-refractivity contribution is 6.30. The van der Waals surface area contributed by atoms with Gasteiger partial charge < -0.3 is 14.8 Å². The molecule has 0 aliphatic heterocycles. The first-order chi connectivity index (χ1) is 6.02. The van der Waals surface area contributed by atoms with Crippen molar-refractivity contribution < 1.29 is 15.0 Å². The minimum absolute atomic E-state index is 0.0370. The molecule has 5 nitrogen and oxygen atoms in total. The number of aryl methyl sites for hydroxylation is 1. The summed E-state index contributed by atoms with van der Waals surface area (Å²) in [6, 6.07) is 0. The molecule has 0 aliphatic carbocycles. The van der Waals surface area contributed by atoms with E-state index in [4.69, 9.17) is 21.8 Å². The Morgan fingerprint density at radius 2 is 2.46 bits per heavy atom. The van der Waals surface area contributed by atoms with E-state index in [2.05, 4.69) is 4.98 Å². The predicted molar refractivity (Wildman–Crippen MR) is 45.6 cm³/mol. The molecule has 13 heavy (non-hydrogen) atoms. The topological polar surface area (TPSA) is 75.3 Å². The highest BCUT2D eigenvalue weighted by Crippen LogP contribution is 2.14. The van der Waals surface area contributed by atoms with Crippen molar-refractivity contribution in [2.75, 3.05) is 0 Å². The van der Waals surface area contributed by atoms with E-state index in [1.165, 1.54) is 6.33 Å². The van der Waals surface area contributed by atoms with E-state index in [1.54, 1.807) is 11.6 Å². The van der Waals surface area contributed by atoms with Crippen molar-refractivity contribution in [3.05, 3.63) is 17.2 Å². The molecule has 1 heterocycles. The summed E-state index contributed by atoms with van der Waals surface area (Å²) in [6.45, 7) is 0. The number of rotatable bonds is 3. The molecule has 1 aromatic rings. The number of halogens is 1. The van der Waals surface area contributed by atoms with Gasteiger partial charge >= 0.3 is 5.97 Å². The highest BCUT2D eigenvalue weighted by atomic mass is 35.5. The summed E-state index contributed by atoms with van der Waals surface area (Å²) >= 11 is 5.66. The highest BCUT2D eigenvalue weighted by Gasteiger charge is 2.17. The first-order valence-electron chi connectivity index (χ1n) is 3.59. The second-order valence-electron chi connectivity index (χ2n) is 2.65. The van der Waals surface area contributed by atoms with Crippen molar-refractivity contribution in [2.24, 2.45) is 7.05 Å². The van der Waals surface area contributed by atoms with E-state index in [0.717, 1.165) is 0 Å². The molecule has 1 aromatic heterocycles. The van der Waals surface area contributed by atoms with Crippen LogP contribution < -0.4 is 0 Å². The van der Waals surface area contributed by atoms with Gasteiger partial charge in [0.15, 0.2) is 6.10 Å². The fraction of sp³-hybridized carbons (Fsp3) is 0.429. The van der Waals surface area contributed by atoms with Crippen LogP contribution in [-0.4, -0.2) is 31.8 Å². The first-order valence-corrected chi connectivity index (χ1v) is 3.96. The zero-order valence-electron chi connectivity index (χ0n) is 6.94. The van der Waals surface area contributed by atoms with E-state index < -0.39 is 12.1 Å². The number of hydrogen-bond acceptors (Lipinski definition) is 3. The Hall–Kier alpha value is -1.07. The maximum Gasteiger partial charge on any atom is 0.332 e. The van der Waals surface area contributed by atoms with Crippen LogP contribution in [0.3, 0.4) is 0 Å². The van der Waals surface area contributed by atoms with Gasteiger partial charge in [-0.25, -0.2) is 9.78 Å². The van der Waals surface area contributed by atoms with E-state index in [1.807, 2.05) is 0 Å². The van der Waals surface area contributed by atoms with E-state index in [9.17, 15) is 4.79 Å². The molecule has 1 atom stereocenters. The lowest BCUT2D eigenvalue weighted by Crippen LogP contribution is -2.23. The van der Waals surface area contributed by atoms with Gasteiger partial charge in [0.1, 0.15) is 5.15 Å². The normalized spacial score (nSPS) is 12.8. The van der Waals surface area contributed by atoms with E-state index in [-0.39, 0.29) is 11.6 Å². The second kappa shape index (κ2) is 3.76. The molecular formula is C7H9ClN2O3. The summed E-state index contributed by atoms with van der Waals surface area (Å²) in [6.07, 6.45) is -0.00965. The minimum Gasteiger partial charge on any atom is -0.479 e. The molecule has 2 N–H and O–H groups in total. The summed E-state index contributed by atoms with van der Waals surface area (Å²) in [5, 5.41) is 17.7. The van der Waals surface area contributed by atoms with Gasteiger partial charge in [-0.15, -0.1) is 0 Å². The molecule has 0 fully saturated rings. The molecule has 0 radical (unpaired) electrons. The van der Waals surface area contributed by atoms with Crippen LogP contribution in [0.1, 0.15) is 5.69 Å². The molecule has 0 saturated heterocycles. The first kappa shape index (κ1) is 10.0. The van der Waals surface area contributed by atoms with Gasteiger partial charge in [0.05, 0.1) is 12.0 Å². The minimum atomic E-state index is -1.44. The number of hydrogen-bond donors (Lipinski definition) is 2. The van der Waals surface area contributed by atoms with Gasteiger partial charge in [0.2, 0.25) is 0 Å². The molecule has 1 rings (SSSR count). The third kappa shape index (κ3) is 2.19. The summed E-state index contributed by atoms with van der Waals surface area (Å²) in [5.41, 5.74) is 0.511. The zero-order valence-corrected chi connectivity index (χ0v) is 7.69. The van der Waals surface area contributed by atoms with Crippen molar-refractivity contribution in [3.63, 3.8) is 0 Å². The van der Waals surface area contributed by atoms with Gasteiger partial charge in [-0.3, -0.25) is 0 Å². The Balaban J connectivity index is 2.79. The lowest BCUT2D eigenvalue weighted by Gasteiger charge is -2.05. The monoisotopic (exact) mass is 204 g/mol. The van der Waals surface area contributed by atoms with Crippen molar-refractivity contribution in [2.45, 2.75) is 12.5 Å². The standard InChI is InChI=1S/C7H9ClN2O3/c1-10-3-9-6(8)4(10)2-5(11)7(12)13/h3,5,11H,2H2,1H3,(H,12,13). The fourth-order valence-electron chi connectivity index (χ4n) is 0.926. The summed E-state index contributed by atoms with van der Waals surface area (Å²) in [7, 11) is 1.68. The van der Waals surface area contributed by atoms with Gasteiger partial charge in [-0.1, -0.05) is 11.6 Å². The maximum atomic E-state index is 10.3. The molecular weight excluding hydrogens is 196 g/mol. The summed E-state index contributed by atoms with van der Waals surface area (Å²) in [5.74, 6) is -1.27. The number of aliphatic carboxylic acids is 1. The number of carboxylic acids is 1.